The molecule has 148 valence electrons. The SMILES string of the molecule is CC(=O)C1OC1C(=O)c1cc(-c2ccccc2)nn1-c1ccc(C(F)(F)F)cc1. The average molecular weight is 400 g/mol. The van der Waals surface area contributed by atoms with Crippen LogP contribution in [0.1, 0.15) is 23.0 Å². The van der Waals surface area contributed by atoms with Gasteiger partial charge in [0.15, 0.2) is 18.0 Å². The number of hydrogen-bond acceptors (Lipinski definition) is 4. The largest absolute Gasteiger partial charge is 0.416 e. The van der Waals surface area contributed by atoms with E-state index in [2.05, 4.69) is 5.10 Å². The number of rotatable bonds is 5. The van der Waals surface area contributed by atoms with E-state index >= 15 is 0 Å². The van der Waals surface area contributed by atoms with E-state index in [4.69, 9.17) is 4.74 Å². The molecule has 1 saturated heterocycles. The minimum atomic E-state index is -4.47. The molecular weight excluding hydrogens is 385 g/mol. The average Bonchev–Trinajstić information content (AvgIpc) is 3.39. The van der Waals surface area contributed by atoms with E-state index in [0.29, 0.717) is 11.4 Å². The van der Waals surface area contributed by atoms with Crippen LogP contribution >= 0.6 is 0 Å². The first-order valence-electron chi connectivity index (χ1n) is 8.79. The first-order valence-corrected chi connectivity index (χ1v) is 8.79. The molecule has 2 atom stereocenters. The number of benzene rings is 2. The molecule has 0 amide bonds. The number of hydrogen-bond donors (Lipinski definition) is 0. The zero-order valence-electron chi connectivity index (χ0n) is 15.2. The van der Waals surface area contributed by atoms with Crippen LogP contribution in [-0.4, -0.2) is 33.6 Å². The van der Waals surface area contributed by atoms with Gasteiger partial charge in [-0.3, -0.25) is 9.59 Å². The number of aromatic nitrogens is 2. The highest BCUT2D eigenvalue weighted by atomic mass is 19.4. The summed E-state index contributed by atoms with van der Waals surface area (Å²) in [6.07, 6.45) is -6.16. The number of halogens is 3. The van der Waals surface area contributed by atoms with E-state index in [0.717, 1.165) is 17.7 Å². The molecule has 0 aliphatic carbocycles. The van der Waals surface area contributed by atoms with Crippen molar-refractivity contribution < 1.29 is 27.5 Å². The van der Waals surface area contributed by atoms with Crippen molar-refractivity contribution in [1.82, 2.24) is 9.78 Å². The Morgan fingerprint density at radius 1 is 1.00 bits per heavy atom. The van der Waals surface area contributed by atoms with Crippen molar-refractivity contribution in [2.45, 2.75) is 25.3 Å². The third-order valence-corrected chi connectivity index (χ3v) is 4.62. The van der Waals surface area contributed by atoms with Gasteiger partial charge >= 0.3 is 6.18 Å². The minimum Gasteiger partial charge on any atom is -0.352 e. The highest BCUT2D eigenvalue weighted by Crippen LogP contribution is 2.32. The van der Waals surface area contributed by atoms with Crippen LogP contribution in [-0.2, 0) is 15.7 Å². The zero-order valence-corrected chi connectivity index (χ0v) is 15.2. The normalized spacial score (nSPS) is 18.5. The van der Waals surface area contributed by atoms with Crippen LogP contribution in [0.25, 0.3) is 16.9 Å². The second-order valence-corrected chi connectivity index (χ2v) is 6.69. The molecule has 5 nitrogen and oxygen atoms in total. The lowest BCUT2D eigenvalue weighted by Crippen LogP contribution is -2.18. The summed E-state index contributed by atoms with van der Waals surface area (Å²) >= 11 is 0. The van der Waals surface area contributed by atoms with Gasteiger partial charge in [-0.05, 0) is 37.3 Å². The van der Waals surface area contributed by atoms with Crippen molar-refractivity contribution in [2.75, 3.05) is 0 Å². The second-order valence-electron chi connectivity index (χ2n) is 6.69. The maximum atomic E-state index is 12.9. The number of carbonyl (C=O) groups excluding carboxylic acids is 2. The smallest absolute Gasteiger partial charge is 0.352 e. The van der Waals surface area contributed by atoms with E-state index in [-0.39, 0.29) is 11.5 Å². The summed E-state index contributed by atoms with van der Waals surface area (Å²) in [5, 5.41) is 4.42. The monoisotopic (exact) mass is 400 g/mol. The van der Waals surface area contributed by atoms with Crippen LogP contribution < -0.4 is 0 Å². The summed E-state index contributed by atoms with van der Waals surface area (Å²) < 4.78 is 45.0. The maximum Gasteiger partial charge on any atom is 0.416 e. The Hall–Kier alpha value is -3.26. The molecule has 0 radical (unpaired) electrons. The minimum absolute atomic E-state index is 0.136. The van der Waals surface area contributed by atoms with Crippen molar-refractivity contribution in [3.05, 3.63) is 71.9 Å². The van der Waals surface area contributed by atoms with Gasteiger partial charge in [-0.25, -0.2) is 4.68 Å². The first kappa shape index (κ1) is 19.1. The fraction of sp³-hybridized carbons (Fsp3) is 0.190. The summed E-state index contributed by atoms with van der Waals surface area (Å²) in [5.41, 5.74) is 0.855. The van der Waals surface area contributed by atoms with Crippen molar-refractivity contribution in [3.8, 4) is 16.9 Å². The molecule has 3 aromatic rings. The van der Waals surface area contributed by atoms with E-state index in [1.54, 1.807) is 18.2 Å². The molecule has 2 heterocycles. The zero-order chi connectivity index (χ0) is 20.8. The molecule has 1 aliphatic rings. The number of ketones is 2. The van der Waals surface area contributed by atoms with Gasteiger partial charge < -0.3 is 4.74 Å². The highest BCUT2D eigenvalue weighted by molar-refractivity contribution is 6.05. The van der Waals surface area contributed by atoms with Gasteiger partial charge in [-0.15, -0.1) is 0 Å². The van der Waals surface area contributed by atoms with Crippen LogP contribution in [0.2, 0.25) is 0 Å². The van der Waals surface area contributed by atoms with Crippen LogP contribution in [0.15, 0.2) is 60.7 Å². The molecule has 0 saturated carbocycles. The molecule has 0 spiro atoms. The molecule has 0 N–H and O–H groups in total. The Kier molecular flexibility index (Phi) is 4.58. The lowest BCUT2D eigenvalue weighted by molar-refractivity contribution is -0.137. The lowest BCUT2D eigenvalue weighted by atomic mass is 10.1. The van der Waals surface area contributed by atoms with E-state index in [1.165, 1.54) is 23.7 Å². The van der Waals surface area contributed by atoms with Crippen LogP contribution in [0.5, 0.6) is 0 Å². The molecule has 29 heavy (non-hydrogen) atoms. The number of ether oxygens (including phenoxy) is 1. The summed E-state index contributed by atoms with van der Waals surface area (Å²) in [4.78, 5) is 24.3. The molecule has 8 heteroatoms. The Bertz CT molecular complexity index is 1070. The number of carbonyl (C=O) groups is 2. The van der Waals surface area contributed by atoms with Gasteiger partial charge in [-0.1, -0.05) is 30.3 Å². The third kappa shape index (κ3) is 3.71. The second kappa shape index (κ2) is 6.97. The Morgan fingerprint density at radius 3 is 2.21 bits per heavy atom. The van der Waals surface area contributed by atoms with Crippen molar-refractivity contribution in [2.24, 2.45) is 0 Å². The lowest BCUT2D eigenvalue weighted by Gasteiger charge is -2.09. The summed E-state index contributed by atoms with van der Waals surface area (Å²) in [6.45, 7) is 1.33. The molecule has 1 aliphatic heterocycles. The summed E-state index contributed by atoms with van der Waals surface area (Å²) in [6, 6.07) is 15.0. The molecular formula is C21H15F3N2O3. The van der Waals surface area contributed by atoms with Crippen molar-refractivity contribution >= 4 is 11.6 Å². The highest BCUT2D eigenvalue weighted by Gasteiger charge is 2.49. The number of alkyl halides is 3. The van der Waals surface area contributed by atoms with E-state index in [9.17, 15) is 22.8 Å². The number of epoxide rings is 1. The molecule has 4 rings (SSSR count). The van der Waals surface area contributed by atoms with Gasteiger partial charge in [0.25, 0.3) is 0 Å². The predicted molar refractivity (Wildman–Crippen MR) is 97.7 cm³/mol. The van der Waals surface area contributed by atoms with Crippen molar-refractivity contribution in [3.63, 3.8) is 0 Å². The molecule has 2 unspecified atom stereocenters. The summed E-state index contributed by atoms with van der Waals surface area (Å²) in [5.74, 6) is -0.702. The summed E-state index contributed by atoms with van der Waals surface area (Å²) in [7, 11) is 0. The van der Waals surface area contributed by atoms with Gasteiger partial charge in [0.1, 0.15) is 5.69 Å². The van der Waals surface area contributed by atoms with Gasteiger partial charge in [0, 0.05) is 5.56 Å². The molecule has 0 bridgehead atoms. The van der Waals surface area contributed by atoms with Gasteiger partial charge in [0.05, 0.1) is 16.9 Å². The van der Waals surface area contributed by atoms with E-state index < -0.39 is 29.7 Å². The first-order chi connectivity index (χ1) is 13.8. The van der Waals surface area contributed by atoms with Crippen molar-refractivity contribution in [1.29, 1.82) is 0 Å². The fourth-order valence-corrected chi connectivity index (χ4v) is 3.06. The van der Waals surface area contributed by atoms with Crippen LogP contribution in [0, 0.1) is 0 Å². The molecule has 1 fully saturated rings. The van der Waals surface area contributed by atoms with Crippen LogP contribution in [0.4, 0.5) is 13.2 Å². The number of nitrogens with zero attached hydrogens (tertiary/aromatic N) is 2. The Labute approximate surface area is 163 Å². The third-order valence-electron chi connectivity index (χ3n) is 4.62. The fourth-order valence-electron chi connectivity index (χ4n) is 3.06. The molecule has 1 aromatic heterocycles. The molecule has 2 aromatic carbocycles. The Morgan fingerprint density at radius 2 is 1.66 bits per heavy atom. The predicted octanol–water partition coefficient (Wildman–Crippen LogP) is 4.10. The van der Waals surface area contributed by atoms with Gasteiger partial charge in [0.2, 0.25) is 5.78 Å². The maximum absolute atomic E-state index is 12.9. The Balaban J connectivity index is 1.76. The van der Waals surface area contributed by atoms with Gasteiger partial charge in [-0.2, -0.15) is 18.3 Å². The number of Topliss-reactive ketones (excluding diaryl/α,β-unsaturated/α-hetero) is 2. The standard InChI is InChI=1S/C21H15F3N2O3/c1-12(27)19-20(29-19)18(28)17-11-16(13-5-3-2-4-6-13)25-26(17)15-9-7-14(8-10-15)21(22,23)24/h2-11,19-20H,1H3. The quantitative estimate of drug-likeness (QED) is 0.478. The van der Waals surface area contributed by atoms with Crippen LogP contribution in [0.3, 0.4) is 0 Å². The topological polar surface area (TPSA) is 64.5 Å². The van der Waals surface area contributed by atoms with E-state index in [1.807, 2.05) is 18.2 Å².